The first kappa shape index (κ1) is 27.9. The van der Waals surface area contributed by atoms with Crippen molar-refractivity contribution in [2.45, 2.75) is 36.9 Å². The molecule has 4 rings (SSSR count). The summed E-state index contributed by atoms with van der Waals surface area (Å²) in [6.45, 7) is 4.55. The number of hydrogen-bond donors (Lipinski definition) is 2. The molecule has 0 saturated carbocycles. The number of methoxy groups -OCH3 is 2. The lowest BCUT2D eigenvalue weighted by Crippen LogP contribution is -2.69. The van der Waals surface area contributed by atoms with E-state index in [0.29, 0.717) is 18.0 Å². The highest BCUT2D eigenvalue weighted by atomic mass is 35.5. The van der Waals surface area contributed by atoms with E-state index in [1.54, 1.807) is 39.1 Å². The van der Waals surface area contributed by atoms with Crippen LogP contribution in [0.1, 0.15) is 41.1 Å². The zero-order valence-corrected chi connectivity index (χ0v) is 23.5. The molecule has 0 saturated heterocycles. The van der Waals surface area contributed by atoms with E-state index in [0.717, 1.165) is 28.7 Å². The van der Waals surface area contributed by atoms with Crippen LogP contribution in [0.4, 0.5) is 0 Å². The van der Waals surface area contributed by atoms with Gasteiger partial charge in [-0.05, 0) is 43.7 Å². The first-order valence-corrected chi connectivity index (χ1v) is 13.7. The number of nitrogens with zero attached hydrogens (tertiary/aromatic N) is 3. The summed E-state index contributed by atoms with van der Waals surface area (Å²) >= 11 is 8.32. The summed E-state index contributed by atoms with van der Waals surface area (Å²) in [6, 6.07) is 5.94. The highest BCUT2D eigenvalue weighted by Crippen LogP contribution is 2.53. The maximum Gasteiger partial charge on any atom is 0.345 e. The van der Waals surface area contributed by atoms with Crippen LogP contribution in [0.3, 0.4) is 0 Å². The number of ether oxygens (including phenoxy) is 3. The number of aromatic nitrogens is 3. The Hall–Kier alpha value is -3.08. The van der Waals surface area contributed by atoms with Crippen LogP contribution in [0.25, 0.3) is 5.69 Å². The highest BCUT2D eigenvalue weighted by Gasteiger charge is 2.40. The second-order valence-electron chi connectivity index (χ2n) is 8.81. The molecular weight excluding hydrogens is 526 g/mol. The van der Waals surface area contributed by atoms with Gasteiger partial charge in [-0.25, -0.2) is 9.79 Å². The Morgan fingerprint density at radius 2 is 2.13 bits per heavy atom. The van der Waals surface area contributed by atoms with Crippen molar-refractivity contribution in [3.63, 3.8) is 0 Å². The summed E-state index contributed by atoms with van der Waals surface area (Å²) in [5.74, 6) is 1.95. The highest BCUT2D eigenvalue weighted by molar-refractivity contribution is 7.99. The van der Waals surface area contributed by atoms with Gasteiger partial charge in [-0.3, -0.25) is 4.57 Å². The normalized spacial score (nSPS) is 23.0. The van der Waals surface area contributed by atoms with Crippen molar-refractivity contribution in [1.29, 1.82) is 0 Å². The number of aryl methyl sites for hydroxylation is 1. The Morgan fingerprint density at radius 1 is 1.32 bits per heavy atom. The SMILES string of the molecule is CCOC(=O)C(C=[NH+]CC[C@H]1S[C@H](C2C=CC=C(OC)C2OC)c2cc(Cl)ccc2-n2c(C)nnc21)=CN. The van der Waals surface area contributed by atoms with E-state index in [-0.39, 0.29) is 34.7 Å². The van der Waals surface area contributed by atoms with Gasteiger partial charge in [0, 0.05) is 35.9 Å². The maximum atomic E-state index is 12.1. The Kier molecular flexibility index (Phi) is 9.30. The van der Waals surface area contributed by atoms with Crippen molar-refractivity contribution >= 4 is 35.5 Å². The number of esters is 1. The van der Waals surface area contributed by atoms with Gasteiger partial charge in [0.25, 0.3) is 0 Å². The van der Waals surface area contributed by atoms with E-state index < -0.39 is 5.97 Å². The van der Waals surface area contributed by atoms with Crippen LogP contribution in [-0.2, 0) is 19.0 Å². The Morgan fingerprint density at radius 3 is 2.84 bits per heavy atom. The Balaban J connectivity index is 1.70. The van der Waals surface area contributed by atoms with Gasteiger partial charge >= 0.3 is 5.97 Å². The first-order valence-electron chi connectivity index (χ1n) is 12.4. The molecule has 38 heavy (non-hydrogen) atoms. The van der Waals surface area contributed by atoms with Crippen LogP contribution in [0.5, 0.6) is 0 Å². The fraction of sp³-hybridized carbons (Fsp3) is 0.407. The molecule has 0 radical (unpaired) electrons. The van der Waals surface area contributed by atoms with Crippen molar-refractivity contribution in [3.8, 4) is 5.69 Å². The van der Waals surface area contributed by atoms with Crippen LogP contribution >= 0.6 is 23.4 Å². The van der Waals surface area contributed by atoms with E-state index in [2.05, 4.69) is 25.8 Å². The third-order valence-electron chi connectivity index (χ3n) is 6.55. The molecule has 0 bridgehead atoms. The van der Waals surface area contributed by atoms with Crippen molar-refractivity contribution in [1.82, 2.24) is 14.8 Å². The fourth-order valence-corrected chi connectivity index (χ4v) is 6.63. The third kappa shape index (κ3) is 5.67. The molecule has 0 amide bonds. The summed E-state index contributed by atoms with van der Waals surface area (Å²) in [7, 11) is 3.36. The van der Waals surface area contributed by atoms with Crippen molar-refractivity contribution < 1.29 is 24.0 Å². The largest absolute Gasteiger partial charge is 0.498 e. The fourth-order valence-electron chi connectivity index (χ4n) is 4.82. The lowest BCUT2D eigenvalue weighted by atomic mass is 9.88. The molecule has 2 unspecified atom stereocenters. The van der Waals surface area contributed by atoms with E-state index >= 15 is 0 Å². The topological polar surface area (TPSA) is 115 Å². The lowest BCUT2D eigenvalue weighted by Gasteiger charge is -2.34. The molecule has 202 valence electrons. The van der Waals surface area contributed by atoms with Gasteiger partial charge in [0.05, 0.1) is 24.7 Å². The summed E-state index contributed by atoms with van der Waals surface area (Å²) in [5, 5.41) is 9.60. The zero-order chi connectivity index (χ0) is 27.2. The number of thioether (sulfide) groups is 1. The summed E-state index contributed by atoms with van der Waals surface area (Å²) in [4.78, 5) is 15.3. The molecule has 11 heteroatoms. The number of hydrogen-bond acceptors (Lipinski definition) is 8. The zero-order valence-electron chi connectivity index (χ0n) is 21.9. The van der Waals surface area contributed by atoms with Gasteiger partial charge in [-0.15, -0.1) is 22.0 Å². The van der Waals surface area contributed by atoms with Crippen LogP contribution in [0.15, 0.2) is 54.0 Å². The first-order chi connectivity index (χ1) is 18.4. The number of carbonyl (C=O) groups excluding carboxylic acids is 1. The number of benzene rings is 1. The predicted octanol–water partition coefficient (Wildman–Crippen LogP) is 2.74. The minimum Gasteiger partial charge on any atom is -0.498 e. The summed E-state index contributed by atoms with van der Waals surface area (Å²) < 4.78 is 18.7. The van der Waals surface area contributed by atoms with Crippen molar-refractivity contribution in [2.75, 3.05) is 27.4 Å². The lowest BCUT2D eigenvalue weighted by molar-refractivity contribution is -0.451. The quantitative estimate of drug-likeness (QED) is 0.274. The second kappa shape index (κ2) is 12.6. The number of rotatable bonds is 9. The summed E-state index contributed by atoms with van der Waals surface area (Å²) in [5.41, 5.74) is 7.97. The van der Waals surface area contributed by atoms with E-state index in [9.17, 15) is 4.79 Å². The smallest absolute Gasteiger partial charge is 0.345 e. The molecule has 2 aliphatic rings. The van der Waals surface area contributed by atoms with Crippen molar-refractivity contribution in [2.24, 2.45) is 11.7 Å². The molecule has 0 fully saturated rings. The minimum atomic E-state index is -0.467. The number of carbonyl (C=O) groups is 1. The van der Waals surface area contributed by atoms with Crippen LogP contribution < -0.4 is 10.7 Å². The van der Waals surface area contributed by atoms with Crippen molar-refractivity contribution in [3.05, 3.63) is 76.2 Å². The third-order valence-corrected chi connectivity index (χ3v) is 8.42. The molecule has 4 atom stereocenters. The van der Waals surface area contributed by atoms with Crippen LogP contribution in [0.2, 0.25) is 5.02 Å². The predicted molar refractivity (Wildman–Crippen MR) is 148 cm³/mol. The standard InChI is InChI=1S/C27H32ClN5O4S/c1-5-37-27(34)17(14-29)15-30-12-11-23-26-32-31-16(2)33(26)21-10-9-18(28)13-20(21)25(38-23)19-7-6-8-22(35-3)24(19)36-4/h6-10,13-15,19,23-25H,5,11-12,29H2,1-4H3/p+1/t19?,23-,24?,25-/m1/s1. The van der Waals surface area contributed by atoms with Gasteiger partial charge in [0.1, 0.15) is 29.8 Å². The molecule has 2 heterocycles. The molecule has 1 aliphatic heterocycles. The summed E-state index contributed by atoms with van der Waals surface area (Å²) in [6.07, 6.45) is 9.39. The van der Waals surface area contributed by atoms with Gasteiger partial charge in [0.15, 0.2) is 12.0 Å². The van der Waals surface area contributed by atoms with E-state index in [1.807, 2.05) is 37.3 Å². The number of nitrogens with one attached hydrogen (secondary N) is 1. The van der Waals surface area contributed by atoms with Crippen LogP contribution in [0, 0.1) is 12.8 Å². The Labute approximate surface area is 231 Å². The second-order valence-corrected chi connectivity index (χ2v) is 10.6. The molecular formula is C27H33ClN5O4S+. The minimum absolute atomic E-state index is 0.0159. The number of allylic oxidation sites excluding steroid dienone is 2. The molecule has 2 aromatic rings. The van der Waals surface area contributed by atoms with Crippen LogP contribution in [-0.4, -0.2) is 60.4 Å². The molecule has 9 nitrogen and oxygen atoms in total. The molecule has 3 N–H and O–H groups in total. The monoisotopic (exact) mass is 558 g/mol. The number of fused-ring (bicyclic) bond motifs is 3. The molecule has 0 spiro atoms. The number of halogens is 1. The maximum absolute atomic E-state index is 12.1. The van der Waals surface area contributed by atoms with Gasteiger partial charge in [-0.2, -0.15) is 0 Å². The Bertz CT molecular complexity index is 1290. The number of nitrogens with two attached hydrogens (primary N) is 1. The average molecular weight is 559 g/mol. The van der Waals surface area contributed by atoms with E-state index in [1.165, 1.54) is 6.20 Å². The molecule has 1 aromatic carbocycles. The molecule has 1 aliphatic carbocycles. The van der Waals surface area contributed by atoms with E-state index in [4.69, 9.17) is 31.5 Å². The van der Waals surface area contributed by atoms with Gasteiger partial charge in [0.2, 0.25) is 0 Å². The van der Waals surface area contributed by atoms with Gasteiger partial charge < -0.3 is 19.9 Å². The average Bonchev–Trinajstić information content (AvgIpc) is 3.24. The molecule has 1 aromatic heterocycles. The van der Waals surface area contributed by atoms with Gasteiger partial charge in [-0.1, -0.05) is 23.8 Å².